The zero-order chi connectivity index (χ0) is 12.5. The number of hydrogen-bond acceptors (Lipinski definition) is 4. The maximum absolute atomic E-state index is 13.0. The van der Waals surface area contributed by atoms with Crippen LogP contribution in [0.5, 0.6) is 0 Å². The Kier molecular flexibility index (Phi) is 3.26. The molecule has 0 aliphatic carbocycles. The average Bonchev–Trinajstić information content (AvgIpc) is 2.58. The molecule has 0 spiro atoms. The van der Waals surface area contributed by atoms with Gasteiger partial charge in [-0.05, 0) is 18.6 Å². The molecule has 1 N–H and O–H groups in total. The standard InChI is InChI=1S/C11H13FN2O2S/c1-8(9-4-10(12)6-13-5-9)14-11-2-3-17(15,16)7-11/h2-6,8,11,14H,7H2,1H3. The van der Waals surface area contributed by atoms with Gasteiger partial charge in [0.2, 0.25) is 0 Å². The van der Waals surface area contributed by atoms with Crippen LogP contribution in [0.2, 0.25) is 0 Å². The summed E-state index contributed by atoms with van der Waals surface area (Å²) < 4.78 is 35.4. The van der Waals surface area contributed by atoms with Crippen LogP contribution in [0.25, 0.3) is 0 Å². The first-order chi connectivity index (χ1) is 7.96. The van der Waals surface area contributed by atoms with Gasteiger partial charge in [0.1, 0.15) is 5.82 Å². The third-order valence-corrected chi connectivity index (χ3v) is 4.02. The molecule has 2 heterocycles. The molecule has 1 aromatic rings. The van der Waals surface area contributed by atoms with Gasteiger partial charge in [-0.15, -0.1) is 0 Å². The number of hydrogen-bond donors (Lipinski definition) is 1. The van der Waals surface area contributed by atoms with Crippen molar-refractivity contribution < 1.29 is 12.8 Å². The van der Waals surface area contributed by atoms with Gasteiger partial charge in [0.15, 0.2) is 9.84 Å². The van der Waals surface area contributed by atoms with Crippen LogP contribution in [0.1, 0.15) is 18.5 Å². The largest absolute Gasteiger partial charge is 0.303 e. The summed E-state index contributed by atoms with van der Waals surface area (Å²) in [5.74, 6) is -0.342. The van der Waals surface area contributed by atoms with Crippen LogP contribution in [-0.4, -0.2) is 25.2 Å². The van der Waals surface area contributed by atoms with E-state index in [4.69, 9.17) is 0 Å². The van der Waals surface area contributed by atoms with Crippen LogP contribution in [0.15, 0.2) is 29.9 Å². The van der Waals surface area contributed by atoms with Crippen molar-refractivity contribution in [1.82, 2.24) is 10.3 Å². The molecule has 1 aliphatic heterocycles. The summed E-state index contributed by atoms with van der Waals surface area (Å²) in [5.41, 5.74) is 0.697. The van der Waals surface area contributed by atoms with Gasteiger partial charge in [0, 0.05) is 23.7 Å². The van der Waals surface area contributed by atoms with Crippen LogP contribution >= 0.6 is 0 Å². The van der Waals surface area contributed by atoms with Gasteiger partial charge >= 0.3 is 0 Å². The molecule has 0 radical (unpaired) electrons. The van der Waals surface area contributed by atoms with E-state index in [-0.39, 0.29) is 17.8 Å². The minimum absolute atomic E-state index is 0.0556. The molecule has 0 amide bonds. The van der Waals surface area contributed by atoms with Crippen molar-refractivity contribution in [1.29, 1.82) is 0 Å². The molecule has 0 bridgehead atoms. The second kappa shape index (κ2) is 4.54. The van der Waals surface area contributed by atoms with Gasteiger partial charge in [0.05, 0.1) is 11.9 Å². The number of nitrogens with one attached hydrogen (secondary N) is 1. The van der Waals surface area contributed by atoms with Gasteiger partial charge in [-0.3, -0.25) is 4.98 Å². The molecule has 17 heavy (non-hydrogen) atoms. The van der Waals surface area contributed by atoms with E-state index in [2.05, 4.69) is 10.3 Å². The van der Waals surface area contributed by atoms with E-state index >= 15 is 0 Å². The fraction of sp³-hybridized carbons (Fsp3) is 0.364. The summed E-state index contributed by atoms with van der Waals surface area (Å²) in [6.45, 7) is 1.84. The quantitative estimate of drug-likeness (QED) is 0.882. The topological polar surface area (TPSA) is 59.1 Å². The molecule has 2 atom stereocenters. The lowest BCUT2D eigenvalue weighted by atomic mass is 10.1. The van der Waals surface area contributed by atoms with Crippen molar-refractivity contribution in [2.75, 3.05) is 5.75 Å². The van der Waals surface area contributed by atoms with E-state index in [0.29, 0.717) is 5.56 Å². The molecular formula is C11H13FN2O2S. The smallest absolute Gasteiger partial charge is 0.173 e. The predicted octanol–water partition coefficient (Wildman–Crippen LogP) is 1.18. The van der Waals surface area contributed by atoms with Crippen molar-refractivity contribution in [3.8, 4) is 0 Å². The predicted molar refractivity (Wildman–Crippen MR) is 62.5 cm³/mol. The number of pyridine rings is 1. The number of nitrogens with zero attached hydrogens (tertiary/aromatic N) is 1. The number of aromatic nitrogens is 1. The average molecular weight is 256 g/mol. The Morgan fingerprint density at radius 1 is 1.53 bits per heavy atom. The summed E-state index contributed by atoms with van der Waals surface area (Å²) in [6, 6.07) is 1.01. The Balaban J connectivity index is 2.03. The summed E-state index contributed by atoms with van der Waals surface area (Å²) in [7, 11) is -3.06. The van der Waals surface area contributed by atoms with Crippen LogP contribution in [0.3, 0.4) is 0 Å². The van der Waals surface area contributed by atoms with Crippen molar-refractivity contribution in [3.05, 3.63) is 41.3 Å². The SMILES string of the molecule is CC(NC1C=CS(=O)(=O)C1)c1cncc(F)c1. The van der Waals surface area contributed by atoms with Crippen molar-refractivity contribution in [3.63, 3.8) is 0 Å². The molecule has 0 saturated carbocycles. The molecule has 92 valence electrons. The van der Waals surface area contributed by atoms with Crippen LogP contribution < -0.4 is 5.32 Å². The third-order valence-electron chi connectivity index (χ3n) is 2.62. The second-order valence-corrected chi connectivity index (χ2v) is 6.02. The molecule has 0 fully saturated rings. The first-order valence-corrected chi connectivity index (χ1v) is 6.95. The monoisotopic (exact) mass is 256 g/mol. The lowest BCUT2D eigenvalue weighted by Gasteiger charge is -2.17. The van der Waals surface area contributed by atoms with Crippen LogP contribution in [-0.2, 0) is 9.84 Å². The lowest BCUT2D eigenvalue weighted by molar-refractivity contribution is 0.528. The van der Waals surface area contributed by atoms with Gasteiger partial charge in [-0.2, -0.15) is 0 Å². The van der Waals surface area contributed by atoms with Crippen LogP contribution in [0.4, 0.5) is 4.39 Å². The zero-order valence-electron chi connectivity index (χ0n) is 9.30. The van der Waals surface area contributed by atoms with Gasteiger partial charge in [-0.25, -0.2) is 12.8 Å². The van der Waals surface area contributed by atoms with E-state index in [1.54, 1.807) is 12.3 Å². The van der Waals surface area contributed by atoms with Crippen molar-refractivity contribution in [2.24, 2.45) is 0 Å². The highest BCUT2D eigenvalue weighted by Gasteiger charge is 2.23. The fourth-order valence-corrected chi connectivity index (χ4v) is 3.01. The van der Waals surface area contributed by atoms with E-state index in [1.807, 2.05) is 6.92 Å². The highest BCUT2D eigenvalue weighted by Crippen LogP contribution is 2.16. The first kappa shape index (κ1) is 12.2. The molecule has 1 aliphatic rings. The molecular weight excluding hydrogens is 243 g/mol. The fourth-order valence-electron chi connectivity index (χ4n) is 1.76. The normalized spacial score (nSPS) is 23.8. The Hall–Kier alpha value is -1.27. The Labute approximate surface area is 99.5 Å². The highest BCUT2D eigenvalue weighted by atomic mass is 32.2. The Bertz CT molecular complexity index is 542. The maximum atomic E-state index is 13.0. The molecule has 0 saturated heterocycles. The Morgan fingerprint density at radius 2 is 2.29 bits per heavy atom. The molecule has 2 rings (SSSR count). The third kappa shape index (κ3) is 3.10. The number of sulfone groups is 1. The first-order valence-electron chi connectivity index (χ1n) is 5.24. The molecule has 1 aromatic heterocycles. The second-order valence-electron chi connectivity index (χ2n) is 4.09. The van der Waals surface area contributed by atoms with Crippen molar-refractivity contribution >= 4 is 9.84 Å². The minimum Gasteiger partial charge on any atom is -0.303 e. The van der Waals surface area contributed by atoms with E-state index in [1.165, 1.54) is 11.5 Å². The van der Waals surface area contributed by atoms with Gasteiger partial charge in [0.25, 0.3) is 0 Å². The molecule has 2 unspecified atom stereocenters. The highest BCUT2D eigenvalue weighted by molar-refractivity contribution is 7.94. The van der Waals surface area contributed by atoms with Crippen LogP contribution in [0, 0.1) is 5.82 Å². The summed E-state index contributed by atoms with van der Waals surface area (Å²) in [4.78, 5) is 3.76. The van der Waals surface area contributed by atoms with Gasteiger partial charge in [-0.1, -0.05) is 6.08 Å². The van der Waals surface area contributed by atoms with Crippen molar-refractivity contribution in [2.45, 2.75) is 19.0 Å². The van der Waals surface area contributed by atoms with E-state index < -0.39 is 15.7 Å². The minimum atomic E-state index is -3.06. The number of halogens is 1. The summed E-state index contributed by atoms with van der Waals surface area (Å²) in [6.07, 6.45) is 4.31. The van der Waals surface area contributed by atoms with E-state index in [9.17, 15) is 12.8 Å². The zero-order valence-corrected chi connectivity index (χ0v) is 10.1. The number of rotatable bonds is 3. The molecule has 4 nitrogen and oxygen atoms in total. The van der Waals surface area contributed by atoms with E-state index in [0.717, 1.165) is 6.20 Å². The molecule has 0 aromatic carbocycles. The lowest BCUT2D eigenvalue weighted by Crippen LogP contribution is -2.32. The van der Waals surface area contributed by atoms with Gasteiger partial charge < -0.3 is 5.32 Å². The Morgan fingerprint density at radius 3 is 2.88 bits per heavy atom. The maximum Gasteiger partial charge on any atom is 0.173 e. The summed E-state index contributed by atoms with van der Waals surface area (Å²) >= 11 is 0. The molecule has 6 heteroatoms. The summed E-state index contributed by atoms with van der Waals surface area (Å²) in [5, 5.41) is 4.31.